The summed E-state index contributed by atoms with van der Waals surface area (Å²) in [5, 5.41) is 3.77. The standard InChI is InChI=1S/C22H29N3O3/c1-5-6-10-20(26)17-11-12-21(16(3)13-17)28-14-18-15(2)8-7-9-19(18)24-22(27)25(4)23/h7-9,11-13H,5-6,10,14,23H2,1-4H3,(H,24,27). The van der Waals surface area contributed by atoms with Crippen LogP contribution in [0.3, 0.4) is 0 Å². The molecule has 6 heteroatoms. The number of unbranched alkanes of at least 4 members (excludes halogenated alkanes) is 1. The summed E-state index contributed by atoms with van der Waals surface area (Å²) in [5.74, 6) is 6.36. The van der Waals surface area contributed by atoms with Gasteiger partial charge in [0.05, 0.1) is 0 Å². The molecule has 2 rings (SSSR count). The molecule has 0 radical (unpaired) electrons. The average molecular weight is 383 g/mol. The van der Waals surface area contributed by atoms with Gasteiger partial charge in [-0.15, -0.1) is 0 Å². The third-order valence-electron chi connectivity index (χ3n) is 4.60. The van der Waals surface area contributed by atoms with Crippen molar-refractivity contribution in [2.24, 2.45) is 5.84 Å². The van der Waals surface area contributed by atoms with Gasteiger partial charge in [-0.3, -0.25) is 9.80 Å². The van der Waals surface area contributed by atoms with Gasteiger partial charge in [-0.2, -0.15) is 0 Å². The monoisotopic (exact) mass is 383 g/mol. The van der Waals surface area contributed by atoms with Crippen LogP contribution in [0, 0.1) is 13.8 Å². The van der Waals surface area contributed by atoms with Gasteiger partial charge >= 0.3 is 6.03 Å². The number of urea groups is 1. The minimum atomic E-state index is -0.405. The van der Waals surface area contributed by atoms with Crippen molar-refractivity contribution in [3.05, 3.63) is 58.7 Å². The van der Waals surface area contributed by atoms with Crippen molar-refractivity contribution in [1.29, 1.82) is 0 Å². The number of Topliss-reactive ketones (excluding diaryl/α,β-unsaturated/α-hetero) is 1. The smallest absolute Gasteiger partial charge is 0.335 e. The number of rotatable bonds is 8. The molecule has 0 fully saturated rings. The highest BCUT2D eigenvalue weighted by atomic mass is 16.5. The van der Waals surface area contributed by atoms with E-state index in [1.165, 1.54) is 7.05 Å². The maximum absolute atomic E-state index is 12.2. The molecule has 6 nitrogen and oxygen atoms in total. The number of ketones is 1. The predicted octanol–water partition coefficient (Wildman–Crippen LogP) is 4.59. The van der Waals surface area contributed by atoms with Crippen molar-refractivity contribution in [3.63, 3.8) is 0 Å². The molecular formula is C22H29N3O3. The number of nitrogens with zero attached hydrogens (tertiary/aromatic N) is 1. The predicted molar refractivity (Wildman–Crippen MR) is 112 cm³/mol. The quantitative estimate of drug-likeness (QED) is 0.302. The first-order valence-corrected chi connectivity index (χ1v) is 9.48. The maximum Gasteiger partial charge on any atom is 0.335 e. The Morgan fingerprint density at radius 2 is 1.89 bits per heavy atom. The lowest BCUT2D eigenvalue weighted by atomic mass is 10.0. The molecule has 3 N–H and O–H groups in total. The van der Waals surface area contributed by atoms with Gasteiger partial charge in [0.2, 0.25) is 0 Å². The van der Waals surface area contributed by atoms with Crippen molar-refractivity contribution in [2.75, 3.05) is 12.4 Å². The van der Waals surface area contributed by atoms with Crippen LogP contribution in [-0.4, -0.2) is 23.9 Å². The van der Waals surface area contributed by atoms with Crippen LogP contribution in [0.5, 0.6) is 5.75 Å². The lowest BCUT2D eigenvalue weighted by molar-refractivity contribution is 0.0979. The van der Waals surface area contributed by atoms with E-state index < -0.39 is 6.03 Å². The summed E-state index contributed by atoms with van der Waals surface area (Å²) in [6, 6.07) is 10.8. The number of carbonyl (C=O) groups excluding carboxylic acids is 2. The van der Waals surface area contributed by atoms with Crippen LogP contribution in [0.2, 0.25) is 0 Å². The molecule has 0 bridgehead atoms. The van der Waals surface area contributed by atoms with Crippen LogP contribution < -0.4 is 15.9 Å². The number of benzene rings is 2. The highest BCUT2D eigenvalue weighted by Gasteiger charge is 2.13. The number of aryl methyl sites for hydroxylation is 2. The van der Waals surface area contributed by atoms with Gasteiger partial charge < -0.3 is 10.1 Å². The third kappa shape index (κ3) is 5.57. The molecule has 2 aromatic rings. The molecule has 0 atom stereocenters. The zero-order valence-corrected chi connectivity index (χ0v) is 17.0. The summed E-state index contributed by atoms with van der Waals surface area (Å²) in [4.78, 5) is 24.1. The molecular weight excluding hydrogens is 354 g/mol. The molecule has 0 saturated carbocycles. The summed E-state index contributed by atoms with van der Waals surface area (Å²) in [5.41, 5.74) is 4.16. The normalized spacial score (nSPS) is 10.5. The SMILES string of the molecule is CCCCC(=O)c1ccc(OCc2c(C)cccc2NC(=O)N(C)N)c(C)c1. The van der Waals surface area contributed by atoms with E-state index >= 15 is 0 Å². The number of hydrogen-bond donors (Lipinski definition) is 2. The summed E-state index contributed by atoms with van der Waals surface area (Å²) in [7, 11) is 1.48. The van der Waals surface area contributed by atoms with Gasteiger partial charge in [0.1, 0.15) is 12.4 Å². The summed E-state index contributed by atoms with van der Waals surface area (Å²) < 4.78 is 5.99. The average Bonchev–Trinajstić information content (AvgIpc) is 2.66. The second-order valence-electron chi connectivity index (χ2n) is 6.94. The fraction of sp³-hybridized carbons (Fsp3) is 0.364. The molecule has 0 aliphatic heterocycles. The molecule has 0 aliphatic carbocycles. The molecule has 0 heterocycles. The second-order valence-corrected chi connectivity index (χ2v) is 6.94. The lowest BCUT2D eigenvalue weighted by Gasteiger charge is -2.17. The zero-order valence-electron chi connectivity index (χ0n) is 17.0. The number of hydrogen-bond acceptors (Lipinski definition) is 4. The van der Waals surface area contributed by atoms with Gasteiger partial charge in [-0.1, -0.05) is 25.5 Å². The number of carbonyl (C=O) groups is 2. The topological polar surface area (TPSA) is 84.7 Å². The van der Waals surface area contributed by atoms with Crippen molar-refractivity contribution < 1.29 is 14.3 Å². The van der Waals surface area contributed by atoms with Crippen LogP contribution in [0.15, 0.2) is 36.4 Å². The maximum atomic E-state index is 12.2. The minimum absolute atomic E-state index is 0.159. The number of hydrazine groups is 1. The van der Waals surface area contributed by atoms with Crippen LogP contribution in [-0.2, 0) is 6.61 Å². The molecule has 0 aromatic heterocycles. The van der Waals surface area contributed by atoms with E-state index in [0.717, 1.165) is 34.5 Å². The molecule has 2 aromatic carbocycles. The fourth-order valence-electron chi connectivity index (χ4n) is 2.83. The van der Waals surface area contributed by atoms with Crippen LogP contribution in [0.4, 0.5) is 10.5 Å². The Morgan fingerprint density at radius 3 is 2.54 bits per heavy atom. The summed E-state index contributed by atoms with van der Waals surface area (Å²) >= 11 is 0. The van der Waals surface area contributed by atoms with Crippen molar-refractivity contribution in [2.45, 2.75) is 46.6 Å². The molecule has 150 valence electrons. The van der Waals surface area contributed by atoms with Crippen LogP contribution in [0.25, 0.3) is 0 Å². The van der Waals surface area contributed by atoms with Gasteiger partial charge in [-0.25, -0.2) is 10.6 Å². The van der Waals surface area contributed by atoms with Crippen LogP contribution in [0.1, 0.15) is 53.2 Å². The van der Waals surface area contributed by atoms with E-state index in [-0.39, 0.29) is 5.78 Å². The molecule has 0 unspecified atom stereocenters. The Hall–Kier alpha value is -2.86. The van der Waals surface area contributed by atoms with E-state index in [1.807, 2.05) is 50.2 Å². The Balaban J connectivity index is 2.14. The Labute approximate surface area is 166 Å². The van der Waals surface area contributed by atoms with Gasteiger partial charge in [0.15, 0.2) is 5.78 Å². The number of amides is 2. The first-order valence-electron chi connectivity index (χ1n) is 9.48. The summed E-state index contributed by atoms with van der Waals surface area (Å²) in [6.45, 7) is 6.25. The largest absolute Gasteiger partial charge is 0.489 e. The van der Waals surface area contributed by atoms with Crippen molar-refractivity contribution in [1.82, 2.24) is 5.01 Å². The third-order valence-corrected chi connectivity index (χ3v) is 4.60. The van der Waals surface area contributed by atoms with E-state index in [2.05, 4.69) is 12.2 Å². The van der Waals surface area contributed by atoms with Gasteiger partial charge in [0.25, 0.3) is 0 Å². The molecule has 0 aliphatic rings. The van der Waals surface area contributed by atoms with E-state index in [1.54, 1.807) is 0 Å². The molecule has 28 heavy (non-hydrogen) atoms. The van der Waals surface area contributed by atoms with E-state index in [4.69, 9.17) is 10.6 Å². The van der Waals surface area contributed by atoms with E-state index in [0.29, 0.717) is 30.0 Å². The Bertz CT molecular complexity index is 847. The number of ether oxygens (including phenoxy) is 1. The number of nitrogens with one attached hydrogen (secondary N) is 1. The highest BCUT2D eigenvalue weighted by Crippen LogP contribution is 2.25. The molecule has 2 amide bonds. The lowest BCUT2D eigenvalue weighted by Crippen LogP contribution is -2.37. The van der Waals surface area contributed by atoms with Gasteiger partial charge in [0, 0.05) is 30.3 Å². The van der Waals surface area contributed by atoms with Gasteiger partial charge in [-0.05, 0) is 55.7 Å². The minimum Gasteiger partial charge on any atom is -0.489 e. The molecule has 0 spiro atoms. The fourth-order valence-corrected chi connectivity index (χ4v) is 2.83. The summed E-state index contributed by atoms with van der Waals surface area (Å²) in [6.07, 6.45) is 2.47. The second kappa shape index (κ2) is 9.90. The highest BCUT2D eigenvalue weighted by molar-refractivity contribution is 5.96. The van der Waals surface area contributed by atoms with Crippen LogP contribution >= 0.6 is 0 Å². The van der Waals surface area contributed by atoms with Crippen molar-refractivity contribution in [3.8, 4) is 5.75 Å². The number of anilines is 1. The first kappa shape index (κ1) is 21.4. The molecule has 0 saturated heterocycles. The first-order chi connectivity index (χ1) is 13.3. The zero-order chi connectivity index (χ0) is 20.7. The van der Waals surface area contributed by atoms with Crippen molar-refractivity contribution >= 4 is 17.5 Å². The number of nitrogens with two attached hydrogens (primary N) is 1. The Kier molecular flexibility index (Phi) is 7.58. The van der Waals surface area contributed by atoms with E-state index in [9.17, 15) is 9.59 Å². The Morgan fingerprint density at radius 1 is 1.14 bits per heavy atom.